The summed E-state index contributed by atoms with van der Waals surface area (Å²) in [6.07, 6.45) is 0.751. The van der Waals surface area contributed by atoms with Crippen LogP contribution in [-0.2, 0) is 19.4 Å². The second-order valence-corrected chi connectivity index (χ2v) is 9.08. The number of rotatable bonds is 9. The van der Waals surface area contributed by atoms with E-state index in [1.165, 1.54) is 0 Å². The molecule has 1 aromatic rings. The molecule has 1 aliphatic heterocycles. The number of sulfone groups is 1. The van der Waals surface area contributed by atoms with Crippen LogP contribution in [-0.4, -0.2) is 71.3 Å². The minimum absolute atomic E-state index is 0.0304. The van der Waals surface area contributed by atoms with Crippen LogP contribution in [0.3, 0.4) is 0 Å². The van der Waals surface area contributed by atoms with Crippen molar-refractivity contribution in [3.05, 3.63) is 23.8 Å². The van der Waals surface area contributed by atoms with Crippen LogP contribution in [0.1, 0.15) is 31.2 Å². The molecule has 0 radical (unpaired) electrons. The first-order valence-corrected chi connectivity index (χ1v) is 10.8. The molecule has 0 spiro atoms. The number of methoxy groups -OCH3 is 3. The molecule has 152 valence electrons. The number of benzene rings is 1. The predicted octanol–water partition coefficient (Wildman–Crippen LogP) is 1.86. The van der Waals surface area contributed by atoms with Crippen LogP contribution in [0.5, 0.6) is 11.5 Å². The van der Waals surface area contributed by atoms with Gasteiger partial charge in [0.2, 0.25) is 5.91 Å². The van der Waals surface area contributed by atoms with Crippen LogP contribution in [0.15, 0.2) is 18.2 Å². The number of hydrogen-bond donors (Lipinski definition) is 0. The molecular formula is C19H29NO6S. The average molecular weight is 400 g/mol. The van der Waals surface area contributed by atoms with Gasteiger partial charge in [-0.1, -0.05) is 13.0 Å². The molecule has 1 heterocycles. The molecule has 2 rings (SSSR count). The van der Waals surface area contributed by atoms with Gasteiger partial charge in [0.15, 0.2) is 9.84 Å². The Bertz CT molecular complexity index is 749. The highest BCUT2D eigenvalue weighted by Crippen LogP contribution is 2.33. The minimum atomic E-state index is -3.07. The summed E-state index contributed by atoms with van der Waals surface area (Å²) in [5.74, 6) is 1.37. The van der Waals surface area contributed by atoms with Crippen molar-refractivity contribution in [2.24, 2.45) is 0 Å². The number of carbonyl (C=O) groups excluding carboxylic acids is 1. The zero-order valence-electron chi connectivity index (χ0n) is 16.4. The third-order valence-electron chi connectivity index (χ3n) is 4.96. The third-order valence-corrected chi connectivity index (χ3v) is 6.71. The van der Waals surface area contributed by atoms with Crippen LogP contribution in [0.4, 0.5) is 0 Å². The standard InChI is InChI=1S/C19H29NO6S/c1-14(17-6-5-16(25-3)12-18(17)26-4)11-19(21)20(8-9-24-2)15-7-10-27(22,23)13-15/h5-6,12,14-15H,7-11,13H2,1-4H3. The maximum absolute atomic E-state index is 13.0. The van der Waals surface area contributed by atoms with Gasteiger partial charge in [0.05, 0.1) is 32.3 Å². The Hall–Kier alpha value is -1.80. The second-order valence-electron chi connectivity index (χ2n) is 6.85. The molecule has 27 heavy (non-hydrogen) atoms. The van der Waals surface area contributed by atoms with Crippen LogP contribution >= 0.6 is 0 Å². The summed E-state index contributed by atoms with van der Waals surface area (Å²) in [7, 11) is 1.67. The second kappa shape index (κ2) is 9.41. The van der Waals surface area contributed by atoms with Crippen molar-refractivity contribution in [1.29, 1.82) is 0 Å². The fourth-order valence-electron chi connectivity index (χ4n) is 3.44. The lowest BCUT2D eigenvalue weighted by molar-refractivity contribution is -0.134. The van der Waals surface area contributed by atoms with Gasteiger partial charge in [-0.15, -0.1) is 0 Å². The number of hydrogen-bond acceptors (Lipinski definition) is 6. The first-order valence-electron chi connectivity index (χ1n) is 9.02. The van der Waals surface area contributed by atoms with Crippen molar-refractivity contribution in [2.45, 2.75) is 31.7 Å². The van der Waals surface area contributed by atoms with E-state index in [1.807, 2.05) is 19.1 Å². The highest BCUT2D eigenvalue weighted by atomic mass is 32.2. The molecule has 1 aliphatic rings. The molecule has 2 unspecified atom stereocenters. The highest BCUT2D eigenvalue weighted by molar-refractivity contribution is 7.91. The lowest BCUT2D eigenvalue weighted by atomic mass is 9.95. The molecule has 2 atom stereocenters. The largest absolute Gasteiger partial charge is 0.497 e. The molecule has 7 nitrogen and oxygen atoms in total. The number of ether oxygens (including phenoxy) is 3. The van der Waals surface area contributed by atoms with E-state index in [4.69, 9.17) is 14.2 Å². The molecule has 0 N–H and O–H groups in total. The van der Waals surface area contributed by atoms with Crippen LogP contribution in [0, 0.1) is 0 Å². The minimum Gasteiger partial charge on any atom is -0.497 e. The number of carbonyl (C=O) groups is 1. The summed E-state index contributed by atoms with van der Waals surface area (Å²) in [5, 5.41) is 0. The Kier molecular flexibility index (Phi) is 7.49. The quantitative estimate of drug-likeness (QED) is 0.630. The topological polar surface area (TPSA) is 82.1 Å². The fraction of sp³-hybridized carbons (Fsp3) is 0.632. The first kappa shape index (κ1) is 21.5. The van der Waals surface area contributed by atoms with Crippen molar-refractivity contribution in [1.82, 2.24) is 4.90 Å². The van der Waals surface area contributed by atoms with Crippen molar-refractivity contribution >= 4 is 15.7 Å². The molecule has 1 saturated heterocycles. The highest BCUT2D eigenvalue weighted by Gasteiger charge is 2.35. The van der Waals surface area contributed by atoms with E-state index in [-0.39, 0.29) is 35.8 Å². The molecule has 0 aliphatic carbocycles. The van der Waals surface area contributed by atoms with Gasteiger partial charge in [-0.3, -0.25) is 4.79 Å². The van der Waals surface area contributed by atoms with Gasteiger partial charge in [-0.25, -0.2) is 8.42 Å². The first-order chi connectivity index (χ1) is 12.8. The zero-order valence-corrected chi connectivity index (χ0v) is 17.3. The van der Waals surface area contributed by atoms with Crippen molar-refractivity contribution in [3.63, 3.8) is 0 Å². The van der Waals surface area contributed by atoms with Crippen molar-refractivity contribution in [2.75, 3.05) is 46.0 Å². The summed E-state index contributed by atoms with van der Waals surface area (Å²) in [5.41, 5.74) is 0.914. The monoisotopic (exact) mass is 399 g/mol. The van der Waals surface area contributed by atoms with E-state index in [0.29, 0.717) is 31.1 Å². The molecule has 0 saturated carbocycles. The molecule has 1 amide bonds. The van der Waals surface area contributed by atoms with Crippen LogP contribution < -0.4 is 9.47 Å². The number of nitrogens with zero attached hydrogens (tertiary/aromatic N) is 1. The Morgan fingerprint density at radius 3 is 2.56 bits per heavy atom. The third kappa shape index (κ3) is 5.59. The molecule has 1 fully saturated rings. The van der Waals surface area contributed by atoms with Crippen LogP contribution in [0.2, 0.25) is 0 Å². The van der Waals surface area contributed by atoms with Gasteiger partial charge in [-0.2, -0.15) is 0 Å². The van der Waals surface area contributed by atoms with Gasteiger partial charge in [0.1, 0.15) is 11.5 Å². The van der Waals surface area contributed by atoms with Crippen molar-refractivity contribution in [3.8, 4) is 11.5 Å². The fourth-order valence-corrected chi connectivity index (χ4v) is 5.17. The van der Waals surface area contributed by atoms with E-state index >= 15 is 0 Å². The molecule has 0 aromatic heterocycles. The Labute approximate surface area is 161 Å². The van der Waals surface area contributed by atoms with Gasteiger partial charge in [-0.05, 0) is 24.0 Å². The van der Waals surface area contributed by atoms with Gasteiger partial charge in [0.25, 0.3) is 0 Å². The lowest BCUT2D eigenvalue weighted by Gasteiger charge is -2.29. The van der Waals surface area contributed by atoms with Crippen molar-refractivity contribution < 1.29 is 27.4 Å². The van der Waals surface area contributed by atoms with Crippen LogP contribution in [0.25, 0.3) is 0 Å². The maximum Gasteiger partial charge on any atom is 0.223 e. The molecule has 1 aromatic carbocycles. The Balaban J connectivity index is 2.14. The van der Waals surface area contributed by atoms with E-state index in [2.05, 4.69) is 0 Å². The Morgan fingerprint density at radius 2 is 2.00 bits per heavy atom. The van der Waals surface area contributed by atoms with E-state index in [0.717, 1.165) is 5.56 Å². The zero-order chi connectivity index (χ0) is 20.0. The summed E-state index contributed by atoms with van der Waals surface area (Å²) in [4.78, 5) is 14.6. The molecule has 8 heteroatoms. The normalized spacial score (nSPS) is 19.5. The average Bonchev–Trinajstić information content (AvgIpc) is 3.00. The van der Waals surface area contributed by atoms with Gasteiger partial charge < -0.3 is 19.1 Å². The summed E-state index contributed by atoms with van der Waals surface area (Å²) in [6, 6.07) is 5.26. The summed E-state index contributed by atoms with van der Waals surface area (Å²) >= 11 is 0. The predicted molar refractivity (Wildman–Crippen MR) is 103 cm³/mol. The van der Waals surface area contributed by atoms with Gasteiger partial charge >= 0.3 is 0 Å². The molecular weight excluding hydrogens is 370 g/mol. The number of amides is 1. The summed E-state index contributed by atoms with van der Waals surface area (Å²) in [6.45, 7) is 2.73. The summed E-state index contributed by atoms with van der Waals surface area (Å²) < 4.78 is 39.4. The lowest BCUT2D eigenvalue weighted by Crippen LogP contribution is -2.43. The van der Waals surface area contributed by atoms with E-state index < -0.39 is 9.84 Å². The Morgan fingerprint density at radius 1 is 1.26 bits per heavy atom. The maximum atomic E-state index is 13.0. The van der Waals surface area contributed by atoms with E-state index in [9.17, 15) is 13.2 Å². The SMILES string of the molecule is COCCN(C(=O)CC(C)c1ccc(OC)cc1OC)C1CCS(=O)(=O)C1. The smallest absolute Gasteiger partial charge is 0.223 e. The van der Waals surface area contributed by atoms with E-state index in [1.54, 1.807) is 32.3 Å². The molecule has 0 bridgehead atoms. The van der Waals surface area contributed by atoms with Gasteiger partial charge in [0, 0.05) is 32.2 Å².